The number of H-pyrrole nitrogens is 1. The van der Waals surface area contributed by atoms with Gasteiger partial charge in [-0.1, -0.05) is 25.1 Å². The third kappa shape index (κ3) is 5.59. The molecule has 0 fully saturated rings. The molecule has 0 radical (unpaired) electrons. The molecule has 1 atom stereocenters. The average molecular weight is 491 g/mol. The van der Waals surface area contributed by atoms with Crippen molar-refractivity contribution in [1.82, 2.24) is 10.3 Å². The Morgan fingerprint density at radius 3 is 2.58 bits per heavy atom. The minimum atomic E-state index is -1.03. The second-order valence-corrected chi connectivity index (χ2v) is 9.76. The number of benzene rings is 2. The number of alkyl carbamates (subject to hydrolysis) is 1. The van der Waals surface area contributed by atoms with Gasteiger partial charge in [0.15, 0.2) is 0 Å². The molecule has 1 unspecified atom stereocenters. The summed E-state index contributed by atoms with van der Waals surface area (Å²) < 4.78 is 16.6. The van der Waals surface area contributed by atoms with Crippen LogP contribution in [0.2, 0.25) is 0 Å². The number of aromatic nitrogens is 1. The predicted molar refractivity (Wildman–Crippen MR) is 137 cm³/mol. The summed E-state index contributed by atoms with van der Waals surface area (Å²) in [6, 6.07) is 11.5. The number of esters is 1. The number of amides is 1. The maximum Gasteiger partial charge on any atom is 0.408 e. The van der Waals surface area contributed by atoms with Crippen LogP contribution in [0.3, 0.4) is 0 Å². The number of rotatable bonds is 6. The van der Waals surface area contributed by atoms with Crippen LogP contribution in [0.4, 0.5) is 4.79 Å². The molecule has 0 aliphatic heterocycles. The summed E-state index contributed by atoms with van der Waals surface area (Å²) in [5.41, 5.74) is 2.37. The average Bonchev–Trinajstić information content (AvgIpc) is 3.19. The van der Waals surface area contributed by atoms with E-state index < -0.39 is 29.3 Å². The van der Waals surface area contributed by atoms with E-state index in [0.29, 0.717) is 23.0 Å². The summed E-state index contributed by atoms with van der Waals surface area (Å²) in [6.07, 6.45) is 1.82. The monoisotopic (exact) mass is 490 g/mol. The van der Waals surface area contributed by atoms with Crippen molar-refractivity contribution in [2.75, 3.05) is 0 Å². The Kier molecular flexibility index (Phi) is 6.88. The van der Waals surface area contributed by atoms with Crippen molar-refractivity contribution >= 4 is 33.9 Å². The maximum absolute atomic E-state index is 13.5. The molecule has 2 heterocycles. The summed E-state index contributed by atoms with van der Waals surface area (Å²) in [6.45, 7) is 8.97. The lowest BCUT2D eigenvalue weighted by molar-refractivity contribution is -0.136. The van der Waals surface area contributed by atoms with Gasteiger partial charge < -0.3 is 24.2 Å². The minimum absolute atomic E-state index is 0.182. The van der Waals surface area contributed by atoms with Crippen LogP contribution >= 0.6 is 0 Å². The van der Waals surface area contributed by atoms with Gasteiger partial charge in [0.25, 0.3) is 0 Å². The predicted octanol–water partition coefficient (Wildman–Crippen LogP) is 5.19. The molecule has 0 spiro atoms. The van der Waals surface area contributed by atoms with Gasteiger partial charge in [-0.2, -0.15) is 0 Å². The molecule has 4 aromatic rings. The van der Waals surface area contributed by atoms with E-state index in [9.17, 15) is 14.4 Å². The van der Waals surface area contributed by atoms with Gasteiger partial charge in [0, 0.05) is 29.6 Å². The topological polar surface area (TPSA) is 111 Å². The van der Waals surface area contributed by atoms with Crippen LogP contribution in [-0.2, 0) is 22.4 Å². The Balaban J connectivity index is 1.70. The van der Waals surface area contributed by atoms with Crippen molar-refractivity contribution in [2.45, 2.75) is 59.1 Å². The van der Waals surface area contributed by atoms with Crippen LogP contribution in [0, 0.1) is 6.92 Å². The Hall–Kier alpha value is -4.07. The summed E-state index contributed by atoms with van der Waals surface area (Å²) in [5.74, 6) is -0.392. The molecular weight excluding hydrogens is 460 g/mol. The zero-order valence-electron chi connectivity index (χ0n) is 21.1. The van der Waals surface area contributed by atoms with Crippen molar-refractivity contribution in [2.24, 2.45) is 0 Å². The minimum Gasteiger partial charge on any atom is -0.444 e. The van der Waals surface area contributed by atoms with Crippen molar-refractivity contribution in [3.05, 3.63) is 75.8 Å². The van der Waals surface area contributed by atoms with Crippen LogP contribution in [0.25, 0.3) is 21.9 Å². The second kappa shape index (κ2) is 9.89. The van der Waals surface area contributed by atoms with E-state index in [-0.39, 0.29) is 12.2 Å². The first-order valence-electron chi connectivity index (χ1n) is 11.9. The van der Waals surface area contributed by atoms with Crippen molar-refractivity contribution in [3.8, 4) is 5.75 Å². The van der Waals surface area contributed by atoms with Gasteiger partial charge in [0.1, 0.15) is 23.0 Å². The van der Waals surface area contributed by atoms with Crippen LogP contribution in [0.5, 0.6) is 5.75 Å². The Labute approximate surface area is 208 Å². The van der Waals surface area contributed by atoms with Crippen molar-refractivity contribution < 1.29 is 23.5 Å². The SMILES string of the molecule is CCc1cc(=O)oc2cc(C)cc(OC(=O)C(Cc3c[nH]c4ccccc34)NC(=O)OC(C)(C)C)c12. The van der Waals surface area contributed by atoms with E-state index in [1.165, 1.54) is 6.07 Å². The first-order valence-corrected chi connectivity index (χ1v) is 11.9. The number of aromatic amines is 1. The molecule has 2 aromatic carbocycles. The highest BCUT2D eigenvalue weighted by atomic mass is 16.6. The molecule has 0 saturated heterocycles. The number of carbonyl (C=O) groups is 2. The third-order valence-electron chi connectivity index (χ3n) is 5.70. The molecule has 0 aliphatic rings. The lowest BCUT2D eigenvalue weighted by atomic mass is 10.0. The Bertz CT molecular complexity index is 1490. The molecule has 36 heavy (non-hydrogen) atoms. The number of para-hydroxylation sites is 1. The van der Waals surface area contributed by atoms with E-state index in [0.717, 1.165) is 22.0 Å². The number of aryl methyl sites for hydroxylation is 2. The van der Waals surface area contributed by atoms with E-state index in [1.54, 1.807) is 32.9 Å². The fourth-order valence-electron chi connectivity index (χ4n) is 4.17. The van der Waals surface area contributed by atoms with Gasteiger partial charge in [-0.25, -0.2) is 14.4 Å². The van der Waals surface area contributed by atoms with Crippen molar-refractivity contribution in [3.63, 3.8) is 0 Å². The molecule has 0 aliphatic carbocycles. The summed E-state index contributed by atoms with van der Waals surface area (Å²) in [7, 11) is 0. The molecule has 8 heteroatoms. The highest BCUT2D eigenvalue weighted by Crippen LogP contribution is 2.31. The van der Waals surface area contributed by atoms with E-state index in [2.05, 4.69) is 10.3 Å². The largest absolute Gasteiger partial charge is 0.444 e. The molecule has 188 valence electrons. The number of ether oxygens (including phenoxy) is 2. The van der Waals surface area contributed by atoms with Crippen LogP contribution < -0.4 is 15.7 Å². The summed E-state index contributed by atoms with van der Waals surface area (Å²) in [5, 5.41) is 4.17. The van der Waals surface area contributed by atoms with Crippen LogP contribution in [0.15, 0.2) is 57.9 Å². The van der Waals surface area contributed by atoms with Gasteiger partial charge in [0.2, 0.25) is 0 Å². The molecule has 1 amide bonds. The third-order valence-corrected chi connectivity index (χ3v) is 5.70. The highest BCUT2D eigenvalue weighted by Gasteiger charge is 2.28. The lowest BCUT2D eigenvalue weighted by Gasteiger charge is -2.23. The van der Waals surface area contributed by atoms with Crippen LogP contribution in [0.1, 0.15) is 44.4 Å². The van der Waals surface area contributed by atoms with E-state index in [1.807, 2.05) is 44.3 Å². The molecular formula is C28H30N2O6. The first-order chi connectivity index (χ1) is 17.0. The van der Waals surface area contributed by atoms with Crippen molar-refractivity contribution in [1.29, 1.82) is 0 Å². The molecule has 0 bridgehead atoms. The Morgan fingerprint density at radius 1 is 1.11 bits per heavy atom. The van der Waals surface area contributed by atoms with Gasteiger partial charge in [-0.15, -0.1) is 0 Å². The zero-order valence-corrected chi connectivity index (χ0v) is 21.1. The molecule has 2 N–H and O–H groups in total. The van der Waals surface area contributed by atoms with Gasteiger partial charge in [-0.3, -0.25) is 0 Å². The summed E-state index contributed by atoms with van der Waals surface area (Å²) >= 11 is 0. The summed E-state index contributed by atoms with van der Waals surface area (Å²) in [4.78, 5) is 41.3. The standard InChI is InChI=1S/C28H30N2O6/c1-6-17-14-24(31)34-22-11-16(2)12-23(25(17)22)35-26(32)21(30-27(33)36-28(3,4)5)13-18-15-29-20-10-8-7-9-19(18)20/h7-12,14-15,21,29H,6,13H2,1-5H3,(H,30,33). The number of carbonyl (C=O) groups excluding carboxylic acids is 2. The molecule has 2 aromatic heterocycles. The normalized spacial score (nSPS) is 12.5. The lowest BCUT2D eigenvalue weighted by Crippen LogP contribution is -2.46. The van der Waals surface area contributed by atoms with Gasteiger partial charge in [-0.05, 0) is 69.0 Å². The first kappa shape index (κ1) is 25.0. The number of hydrogen-bond acceptors (Lipinski definition) is 6. The molecule has 8 nitrogen and oxygen atoms in total. The zero-order chi connectivity index (χ0) is 26.0. The Morgan fingerprint density at radius 2 is 1.86 bits per heavy atom. The van der Waals surface area contributed by atoms with Crippen LogP contribution in [-0.4, -0.2) is 28.7 Å². The van der Waals surface area contributed by atoms with Gasteiger partial charge >= 0.3 is 17.7 Å². The number of nitrogens with one attached hydrogen (secondary N) is 2. The highest BCUT2D eigenvalue weighted by molar-refractivity contribution is 5.92. The fourth-order valence-corrected chi connectivity index (χ4v) is 4.17. The number of fused-ring (bicyclic) bond motifs is 2. The molecule has 0 saturated carbocycles. The van der Waals surface area contributed by atoms with E-state index in [4.69, 9.17) is 13.9 Å². The fraction of sp³-hybridized carbons (Fsp3) is 0.321. The van der Waals surface area contributed by atoms with E-state index >= 15 is 0 Å². The number of hydrogen-bond donors (Lipinski definition) is 2. The smallest absolute Gasteiger partial charge is 0.408 e. The quantitative estimate of drug-likeness (QED) is 0.219. The van der Waals surface area contributed by atoms with Gasteiger partial charge in [0.05, 0.1) is 5.39 Å². The molecule has 4 rings (SSSR count). The maximum atomic E-state index is 13.5. The second-order valence-electron chi connectivity index (χ2n) is 9.76.